The van der Waals surface area contributed by atoms with Gasteiger partial charge in [0.25, 0.3) is 0 Å². The van der Waals surface area contributed by atoms with E-state index in [4.69, 9.17) is 23.2 Å². The third-order valence-electron chi connectivity index (χ3n) is 5.53. The van der Waals surface area contributed by atoms with Crippen LogP contribution < -0.4 is 9.62 Å². The molecule has 1 aliphatic heterocycles. The van der Waals surface area contributed by atoms with E-state index in [1.165, 1.54) is 28.8 Å². The molecule has 0 unspecified atom stereocenters. The minimum Gasteiger partial charge on any atom is -0.352 e. The number of rotatable bonds is 10. The molecular weight excluding hydrogens is 469 g/mol. The average molecular weight is 498 g/mol. The van der Waals surface area contributed by atoms with Crippen LogP contribution in [0, 0.1) is 0 Å². The summed E-state index contributed by atoms with van der Waals surface area (Å²) in [6, 6.07) is 12.8. The molecule has 2 aromatic rings. The van der Waals surface area contributed by atoms with E-state index in [0.717, 1.165) is 31.5 Å². The molecule has 1 fully saturated rings. The first-order valence-corrected chi connectivity index (χ1v) is 13.3. The maximum atomic E-state index is 12.4. The molecule has 1 aliphatic rings. The van der Waals surface area contributed by atoms with E-state index in [1.807, 2.05) is 18.2 Å². The number of hydrogen-bond acceptors (Lipinski definition) is 4. The number of sulfonamides is 1. The van der Waals surface area contributed by atoms with E-state index in [-0.39, 0.29) is 18.9 Å². The molecule has 174 valence electrons. The van der Waals surface area contributed by atoms with Crippen LogP contribution in [-0.2, 0) is 27.9 Å². The summed E-state index contributed by atoms with van der Waals surface area (Å²) in [6.45, 7) is 3.73. The first-order valence-electron chi connectivity index (χ1n) is 10.7. The van der Waals surface area contributed by atoms with E-state index in [0.29, 0.717) is 28.7 Å². The number of nitrogens with one attached hydrogen (secondary N) is 1. The van der Waals surface area contributed by atoms with Gasteiger partial charge < -0.3 is 5.32 Å². The summed E-state index contributed by atoms with van der Waals surface area (Å²) in [5.74, 6) is -0.119. The Bertz CT molecular complexity index is 1040. The summed E-state index contributed by atoms with van der Waals surface area (Å²) in [7, 11) is -3.57. The number of anilines is 1. The molecule has 0 bridgehead atoms. The molecular formula is C23H29Cl2N3O3S. The van der Waals surface area contributed by atoms with Gasteiger partial charge >= 0.3 is 0 Å². The topological polar surface area (TPSA) is 69.7 Å². The molecule has 6 nitrogen and oxygen atoms in total. The van der Waals surface area contributed by atoms with Gasteiger partial charge in [0.1, 0.15) is 0 Å². The van der Waals surface area contributed by atoms with Crippen LogP contribution in [0.3, 0.4) is 0 Å². The zero-order valence-corrected chi connectivity index (χ0v) is 20.5. The zero-order chi connectivity index (χ0) is 23.1. The predicted molar refractivity (Wildman–Crippen MR) is 131 cm³/mol. The van der Waals surface area contributed by atoms with Crippen LogP contribution in [-0.4, -0.2) is 45.1 Å². The lowest BCUT2D eigenvalue weighted by Gasteiger charge is -2.23. The Morgan fingerprint density at radius 2 is 1.78 bits per heavy atom. The summed E-state index contributed by atoms with van der Waals surface area (Å²) < 4.78 is 25.8. The zero-order valence-electron chi connectivity index (χ0n) is 18.2. The number of benzene rings is 2. The van der Waals surface area contributed by atoms with Crippen LogP contribution in [0.1, 0.15) is 36.8 Å². The number of amides is 1. The third kappa shape index (κ3) is 7.10. The minimum atomic E-state index is -3.57. The lowest BCUT2D eigenvalue weighted by Crippen LogP contribution is -2.32. The summed E-state index contributed by atoms with van der Waals surface area (Å²) in [4.78, 5) is 14.9. The van der Waals surface area contributed by atoms with Gasteiger partial charge in [0.15, 0.2) is 0 Å². The Hall–Kier alpha value is -1.80. The van der Waals surface area contributed by atoms with Gasteiger partial charge in [0.2, 0.25) is 15.9 Å². The van der Waals surface area contributed by atoms with Crippen LogP contribution in [0.5, 0.6) is 0 Å². The first kappa shape index (κ1) is 24.8. The normalized spacial score (nSPS) is 14.5. The second kappa shape index (κ2) is 11.4. The Balaban J connectivity index is 1.54. The van der Waals surface area contributed by atoms with Crippen molar-refractivity contribution in [3.8, 4) is 0 Å². The van der Waals surface area contributed by atoms with Gasteiger partial charge in [-0.2, -0.15) is 0 Å². The van der Waals surface area contributed by atoms with Gasteiger partial charge in [-0.15, -0.1) is 0 Å². The van der Waals surface area contributed by atoms with Gasteiger partial charge in [-0.3, -0.25) is 14.0 Å². The van der Waals surface area contributed by atoms with E-state index in [1.54, 1.807) is 12.1 Å². The fraction of sp³-hybridized carbons (Fsp3) is 0.435. The van der Waals surface area contributed by atoms with Crippen LogP contribution >= 0.6 is 23.2 Å². The van der Waals surface area contributed by atoms with Crippen molar-refractivity contribution in [1.82, 2.24) is 10.2 Å². The molecule has 1 saturated heterocycles. The fourth-order valence-electron chi connectivity index (χ4n) is 3.87. The van der Waals surface area contributed by atoms with Crippen LogP contribution in [0.2, 0.25) is 10.0 Å². The number of nitrogens with zero attached hydrogens (tertiary/aromatic N) is 2. The van der Waals surface area contributed by atoms with Gasteiger partial charge in [-0.25, -0.2) is 8.42 Å². The molecule has 9 heteroatoms. The highest BCUT2D eigenvalue weighted by molar-refractivity contribution is 7.92. The standard InChI is InChI=1S/C23H29Cl2N3O3S/c1-32(30,31)28(22-15-20(24)10-11-21(22)25)14-6-9-23(29)26-16-18-7-2-3-8-19(18)17-27-12-4-5-13-27/h2-3,7-8,10-11,15H,4-6,9,12-14,16-17H2,1H3,(H,26,29). The van der Waals surface area contributed by atoms with Crippen molar-refractivity contribution in [2.75, 3.05) is 30.2 Å². The third-order valence-corrected chi connectivity index (χ3v) is 7.26. The molecule has 0 atom stereocenters. The SMILES string of the molecule is CS(=O)(=O)N(CCCC(=O)NCc1ccccc1CN1CCCC1)c1cc(Cl)ccc1Cl. The molecule has 3 rings (SSSR count). The molecule has 0 saturated carbocycles. The van der Waals surface area contributed by atoms with Crippen molar-refractivity contribution < 1.29 is 13.2 Å². The molecule has 1 heterocycles. The second-order valence-electron chi connectivity index (χ2n) is 8.06. The first-order chi connectivity index (χ1) is 15.2. The van der Waals surface area contributed by atoms with Crippen molar-refractivity contribution in [2.24, 2.45) is 0 Å². The molecule has 0 aliphatic carbocycles. The van der Waals surface area contributed by atoms with Crippen molar-refractivity contribution in [3.05, 3.63) is 63.6 Å². The largest absolute Gasteiger partial charge is 0.352 e. The minimum absolute atomic E-state index is 0.119. The highest BCUT2D eigenvalue weighted by atomic mass is 35.5. The molecule has 1 amide bonds. The van der Waals surface area contributed by atoms with Gasteiger partial charge in [-0.05, 0) is 61.7 Å². The maximum Gasteiger partial charge on any atom is 0.232 e. The van der Waals surface area contributed by atoms with Gasteiger partial charge in [0, 0.05) is 31.1 Å². The molecule has 2 aromatic carbocycles. The Labute approximate surface area is 200 Å². The Kier molecular flexibility index (Phi) is 8.82. The van der Waals surface area contributed by atoms with Crippen molar-refractivity contribution in [1.29, 1.82) is 0 Å². The van der Waals surface area contributed by atoms with Gasteiger partial charge in [0.05, 0.1) is 17.0 Å². The summed E-state index contributed by atoms with van der Waals surface area (Å²) in [5.41, 5.74) is 2.66. The number of hydrogen-bond donors (Lipinski definition) is 1. The molecule has 32 heavy (non-hydrogen) atoms. The van der Waals surface area contributed by atoms with Crippen molar-refractivity contribution in [3.63, 3.8) is 0 Å². The highest BCUT2D eigenvalue weighted by Gasteiger charge is 2.20. The lowest BCUT2D eigenvalue weighted by atomic mass is 10.1. The van der Waals surface area contributed by atoms with E-state index in [2.05, 4.69) is 16.3 Å². The van der Waals surface area contributed by atoms with Crippen LogP contribution in [0.4, 0.5) is 5.69 Å². The average Bonchev–Trinajstić information content (AvgIpc) is 3.25. The fourth-order valence-corrected chi connectivity index (χ4v) is 5.28. The van der Waals surface area contributed by atoms with Crippen LogP contribution in [0.25, 0.3) is 0 Å². The smallest absolute Gasteiger partial charge is 0.232 e. The van der Waals surface area contributed by atoms with E-state index in [9.17, 15) is 13.2 Å². The predicted octanol–water partition coefficient (Wildman–Crippen LogP) is 4.45. The van der Waals surface area contributed by atoms with E-state index < -0.39 is 10.0 Å². The highest BCUT2D eigenvalue weighted by Crippen LogP contribution is 2.30. The lowest BCUT2D eigenvalue weighted by molar-refractivity contribution is -0.121. The molecule has 1 N–H and O–H groups in total. The Morgan fingerprint density at radius 1 is 1.09 bits per heavy atom. The molecule has 0 spiro atoms. The number of carbonyl (C=O) groups is 1. The van der Waals surface area contributed by atoms with Crippen molar-refractivity contribution >= 4 is 44.8 Å². The van der Waals surface area contributed by atoms with E-state index >= 15 is 0 Å². The monoisotopic (exact) mass is 497 g/mol. The second-order valence-corrected chi connectivity index (χ2v) is 10.8. The molecule has 0 radical (unpaired) electrons. The van der Waals surface area contributed by atoms with Crippen LogP contribution in [0.15, 0.2) is 42.5 Å². The maximum absolute atomic E-state index is 12.4. The summed E-state index contributed by atoms with van der Waals surface area (Å²) in [5, 5.41) is 3.65. The van der Waals surface area contributed by atoms with Crippen molar-refractivity contribution in [2.45, 2.75) is 38.8 Å². The summed E-state index contributed by atoms with van der Waals surface area (Å²) in [6.07, 6.45) is 4.16. The Morgan fingerprint density at radius 3 is 2.47 bits per heavy atom. The number of likely N-dealkylation sites (tertiary alicyclic amines) is 1. The quantitative estimate of drug-likeness (QED) is 0.526. The number of carbonyl (C=O) groups excluding carboxylic acids is 1. The number of halogens is 2. The molecule has 0 aromatic heterocycles. The van der Waals surface area contributed by atoms with Gasteiger partial charge in [-0.1, -0.05) is 47.5 Å². The summed E-state index contributed by atoms with van der Waals surface area (Å²) >= 11 is 12.2.